The highest BCUT2D eigenvalue weighted by atomic mass is 35.5. The van der Waals surface area contributed by atoms with Gasteiger partial charge in [-0.05, 0) is 29.8 Å². The van der Waals surface area contributed by atoms with Gasteiger partial charge in [0.15, 0.2) is 5.69 Å². The highest BCUT2D eigenvalue weighted by Crippen LogP contribution is 2.35. The third-order valence-corrected chi connectivity index (χ3v) is 5.87. The van der Waals surface area contributed by atoms with Crippen molar-refractivity contribution in [2.45, 2.75) is 18.9 Å². The first kappa shape index (κ1) is 24.7. The van der Waals surface area contributed by atoms with Crippen LogP contribution >= 0.6 is 22.9 Å². The summed E-state index contributed by atoms with van der Waals surface area (Å²) in [7, 11) is 0. The zero-order valence-electron chi connectivity index (χ0n) is 17.3. The molecule has 182 valence electrons. The van der Waals surface area contributed by atoms with Crippen molar-refractivity contribution in [3.05, 3.63) is 87.5 Å². The predicted octanol–water partition coefficient (Wildman–Crippen LogP) is 6.62. The van der Waals surface area contributed by atoms with Gasteiger partial charge in [-0.2, -0.15) is 31.4 Å². The van der Waals surface area contributed by atoms with Crippen molar-refractivity contribution in [3.63, 3.8) is 0 Å². The largest absolute Gasteiger partial charge is 0.434 e. The van der Waals surface area contributed by atoms with E-state index in [1.165, 1.54) is 11.4 Å². The molecule has 35 heavy (non-hydrogen) atoms. The minimum absolute atomic E-state index is 0.0710. The van der Waals surface area contributed by atoms with Crippen LogP contribution in [0.1, 0.15) is 27.2 Å². The molecular formula is C22H13ClF6N4OS. The van der Waals surface area contributed by atoms with Crippen LogP contribution in [0.5, 0.6) is 0 Å². The lowest BCUT2D eigenvalue weighted by Crippen LogP contribution is -2.26. The lowest BCUT2D eigenvalue weighted by molar-refractivity contribution is -0.143. The van der Waals surface area contributed by atoms with Crippen molar-refractivity contribution in [2.75, 3.05) is 0 Å². The SMILES string of the molecule is O=C(NCc1cccc(C(F)(F)F)c1)c1cnn(-c2nc(-c3ccc(Cl)cc3)cs2)c1C(F)(F)F. The summed E-state index contributed by atoms with van der Waals surface area (Å²) in [5.41, 5.74) is -1.99. The Bertz CT molecular complexity index is 1360. The molecule has 4 rings (SSSR count). The Balaban J connectivity index is 1.60. The van der Waals surface area contributed by atoms with Gasteiger partial charge in [0.2, 0.25) is 5.13 Å². The number of amides is 1. The van der Waals surface area contributed by atoms with Gasteiger partial charge in [0, 0.05) is 22.5 Å². The van der Waals surface area contributed by atoms with Crippen molar-refractivity contribution >= 4 is 28.8 Å². The van der Waals surface area contributed by atoms with E-state index < -0.39 is 41.6 Å². The number of nitrogens with one attached hydrogen (secondary N) is 1. The number of benzene rings is 2. The van der Waals surface area contributed by atoms with E-state index in [4.69, 9.17) is 11.6 Å². The molecule has 4 aromatic rings. The van der Waals surface area contributed by atoms with Crippen LogP contribution in [-0.2, 0) is 18.9 Å². The molecule has 2 aromatic heterocycles. The fourth-order valence-corrected chi connectivity index (χ4v) is 4.10. The molecule has 0 spiro atoms. The molecule has 13 heteroatoms. The highest BCUT2D eigenvalue weighted by molar-refractivity contribution is 7.12. The number of carbonyl (C=O) groups is 1. The van der Waals surface area contributed by atoms with E-state index in [1.54, 1.807) is 24.3 Å². The van der Waals surface area contributed by atoms with E-state index in [0.717, 1.165) is 35.7 Å². The number of hydrogen-bond acceptors (Lipinski definition) is 4. The number of rotatable bonds is 5. The number of nitrogens with zero attached hydrogens (tertiary/aromatic N) is 3. The fraction of sp³-hybridized carbons (Fsp3) is 0.136. The number of halogens is 7. The van der Waals surface area contributed by atoms with E-state index in [1.807, 2.05) is 0 Å². The average molecular weight is 531 g/mol. The molecule has 0 bridgehead atoms. The molecule has 0 atom stereocenters. The summed E-state index contributed by atoms with van der Waals surface area (Å²) in [6, 6.07) is 10.6. The van der Waals surface area contributed by atoms with Crippen molar-refractivity contribution in [3.8, 4) is 16.4 Å². The molecule has 0 aliphatic heterocycles. The summed E-state index contributed by atoms with van der Waals surface area (Å²) in [5.74, 6) is -1.14. The van der Waals surface area contributed by atoms with Gasteiger partial charge in [0.05, 0.1) is 23.0 Å². The van der Waals surface area contributed by atoms with Gasteiger partial charge >= 0.3 is 12.4 Å². The molecule has 1 N–H and O–H groups in total. The van der Waals surface area contributed by atoms with E-state index >= 15 is 0 Å². The van der Waals surface area contributed by atoms with Gasteiger partial charge in [0.1, 0.15) is 0 Å². The van der Waals surface area contributed by atoms with E-state index in [9.17, 15) is 31.1 Å². The number of hydrogen-bond donors (Lipinski definition) is 1. The van der Waals surface area contributed by atoms with E-state index in [2.05, 4.69) is 15.4 Å². The summed E-state index contributed by atoms with van der Waals surface area (Å²) < 4.78 is 80.9. The monoisotopic (exact) mass is 530 g/mol. The fourth-order valence-electron chi connectivity index (χ4n) is 3.18. The standard InChI is InChI=1S/C22H13ClF6N4OS/c23-15-6-4-13(5-7-15)17-11-35-20(32-17)33-18(22(27,28)29)16(10-31-33)19(34)30-9-12-2-1-3-14(8-12)21(24,25)26/h1-8,10-11H,9H2,(H,30,34). The maximum absolute atomic E-state index is 13.9. The Kier molecular flexibility index (Phi) is 6.60. The summed E-state index contributed by atoms with van der Waals surface area (Å²) >= 11 is 6.74. The van der Waals surface area contributed by atoms with Crippen LogP contribution in [0.4, 0.5) is 26.3 Å². The van der Waals surface area contributed by atoms with E-state index in [-0.39, 0.29) is 10.7 Å². The van der Waals surface area contributed by atoms with Crippen LogP contribution in [0.15, 0.2) is 60.1 Å². The number of alkyl halides is 6. The lowest BCUT2D eigenvalue weighted by Gasteiger charge is -2.12. The first-order valence-electron chi connectivity index (χ1n) is 9.75. The minimum atomic E-state index is -4.97. The lowest BCUT2D eigenvalue weighted by atomic mass is 10.1. The molecule has 0 saturated heterocycles. The van der Waals surface area contributed by atoms with Gasteiger partial charge in [-0.3, -0.25) is 4.79 Å². The summed E-state index contributed by atoms with van der Waals surface area (Å²) in [5, 5.41) is 7.82. The van der Waals surface area contributed by atoms with Gasteiger partial charge in [0.25, 0.3) is 5.91 Å². The van der Waals surface area contributed by atoms with Crippen LogP contribution in [0.2, 0.25) is 5.02 Å². The predicted molar refractivity (Wildman–Crippen MR) is 117 cm³/mol. The maximum atomic E-state index is 13.9. The second-order valence-electron chi connectivity index (χ2n) is 7.22. The molecule has 0 saturated carbocycles. The third-order valence-electron chi connectivity index (χ3n) is 4.80. The maximum Gasteiger partial charge on any atom is 0.434 e. The molecule has 0 fully saturated rings. The highest BCUT2D eigenvalue weighted by Gasteiger charge is 2.41. The Hall–Kier alpha value is -3.38. The first-order chi connectivity index (χ1) is 16.4. The molecule has 2 aromatic carbocycles. The van der Waals surface area contributed by atoms with Crippen LogP contribution in [0, 0.1) is 0 Å². The van der Waals surface area contributed by atoms with Crippen molar-refractivity contribution < 1.29 is 31.1 Å². The second kappa shape index (κ2) is 9.34. The van der Waals surface area contributed by atoms with Crippen LogP contribution in [-0.4, -0.2) is 20.7 Å². The normalized spacial score (nSPS) is 12.1. The average Bonchev–Trinajstić information content (AvgIpc) is 3.45. The van der Waals surface area contributed by atoms with Crippen molar-refractivity contribution in [2.24, 2.45) is 0 Å². The molecule has 0 unspecified atom stereocenters. The number of aromatic nitrogens is 3. The van der Waals surface area contributed by atoms with Crippen molar-refractivity contribution in [1.29, 1.82) is 0 Å². The van der Waals surface area contributed by atoms with Crippen molar-refractivity contribution in [1.82, 2.24) is 20.1 Å². The Labute approximate surface area is 203 Å². The van der Waals surface area contributed by atoms with Gasteiger partial charge in [-0.1, -0.05) is 35.9 Å². The topological polar surface area (TPSA) is 59.8 Å². The molecule has 5 nitrogen and oxygen atoms in total. The number of thiazole rings is 1. The Morgan fingerprint density at radius 3 is 2.40 bits per heavy atom. The van der Waals surface area contributed by atoms with Crippen LogP contribution in [0.3, 0.4) is 0 Å². The van der Waals surface area contributed by atoms with Crippen LogP contribution in [0.25, 0.3) is 16.4 Å². The summed E-state index contributed by atoms with van der Waals surface area (Å²) in [6.07, 6.45) is -8.82. The second-order valence-corrected chi connectivity index (χ2v) is 8.49. The molecule has 0 aliphatic rings. The Morgan fingerprint density at radius 1 is 1.03 bits per heavy atom. The smallest absolute Gasteiger partial charge is 0.348 e. The zero-order valence-corrected chi connectivity index (χ0v) is 18.9. The molecule has 2 heterocycles. The van der Waals surface area contributed by atoms with Gasteiger partial charge < -0.3 is 5.32 Å². The summed E-state index contributed by atoms with van der Waals surface area (Å²) in [6.45, 7) is -0.413. The zero-order chi connectivity index (χ0) is 25.4. The van der Waals surface area contributed by atoms with Gasteiger partial charge in [-0.15, -0.1) is 11.3 Å². The quantitative estimate of drug-likeness (QED) is 0.295. The number of carbonyl (C=O) groups excluding carboxylic acids is 1. The molecule has 0 radical (unpaired) electrons. The third kappa shape index (κ3) is 5.49. The summed E-state index contributed by atoms with van der Waals surface area (Å²) in [4.78, 5) is 16.7. The van der Waals surface area contributed by atoms with Crippen LogP contribution < -0.4 is 5.32 Å². The Morgan fingerprint density at radius 2 is 1.74 bits per heavy atom. The van der Waals surface area contributed by atoms with E-state index in [0.29, 0.717) is 21.0 Å². The molecule has 0 aliphatic carbocycles. The van der Waals surface area contributed by atoms with Gasteiger partial charge in [-0.25, -0.2) is 9.67 Å². The first-order valence-corrected chi connectivity index (χ1v) is 11.0. The molecular weight excluding hydrogens is 518 g/mol. The minimum Gasteiger partial charge on any atom is -0.348 e. The molecule has 1 amide bonds.